The summed E-state index contributed by atoms with van der Waals surface area (Å²) in [5, 5.41) is 4.01. The van der Waals surface area contributed by atoms with E-state index in [4.69, 9.17) is 4.74 Å². The Kier molecular flexibility index (Phi) is 5.42. The maximum atomic E-state index is 13.2. The van der Waals surface area contributed by atoms with E-state index in [0.717, 1.165) is 10.0 Å². The zero-order chi connectivity index (χ0) is 21.3. The highest BCUT2D eigenvalue weighted by Gasteiger charge is 2.17. The lowest BCUT2D eigenvalue weighted by Crippen LogP contribution is -2.22. The first kappa shape index (κ1) is 19.9. The van der Waals surface area contributed by atoms with Gasteiger partial charge in [-0.2, -0.15) is 0 Å². The molecule has 1 amide bonds. The van der Waals surface area contributed by atoms with Gasteiger partial charge in [0.2, 0.25) is 0 Å². The lowest BCUT2D eigenvalue weighted by Gasteiger charge is -2.14. The van der Waals surface area contributed by atoms with Gasteiger partial charge in [-0.3, -0.25) is 14.2 Å². The van der Waals surface area contributed by atoms with Gasteiger partial charge in [-0.15, -0.1) is 0 Å². The van der Waals surface area contributed by atoms with Crippen LogP contribution in [0.3, 0.4) is 0 Å². The molecule has 0 saturated heterocycles. The first-order valence-corrected chi connectivity index (χ1v) is 10.1. The topological polar surface area (TPSA) is 60.3 Å². The number of aromatic nitrogens is 1. The minimum atomic E-state index is -0.299. The van der Waals surface area contributed by atoms with Crippen molar-refractivity contribution in [3.63, 3.8) is 0 Å². The van der Waals surface area contributed by atoms with E-state index >= 15 is 0 Å². The standard InChI is InChI=1S/C24H19BrN2O3/c1-15-10-11-22(21(25)12-15)26-23(28)20-14-27(16-6-5-7-17(13-16)30-2)24(29)19-9-4-3-8-18(19)20/h3-14H,1-2H3,(H,26,28). The first-order valence-electron chi connectivity index (χ1n) is 9.34. The number of rotatable bonds is 4. The summed E-state index contributed by atoms with van der Waals surface area (Å²) in [7, 11) is 1.57. The van der Waals surface area contributed by atoms with Crippen LogP contribution in [0.15, 0.2) is 82.2 Å². The van der Waals surface area contributed by atoms with Gasteiger partial charge in [0.05, 0.1) is 24.0 Å². The molecule has 3 aromatic carbocycles. The minimum Gasteiger partial charge on any atom is -0.497 e. The van der Waals surface area contributed by atoms with Crippen LogP contribution >= 0.6 is 15.9 Å². The zero-order valence-corrected chi connectivity index (χ0v) is 18.1. The summed E-state index contributed by atoms with van der Waals surface area (Å²) in [5.74, 6) is 0.328. The van der Waals surface area contributed by atoms with Crippen molar-refractivity contribution in [2.45, 2.75) is 6.92 Å². The summed E-state index contributed by atoms with van der Waals surface area (Å²) >= 11 is 3.49. The quantitative estimate of drug-likeness (QED) is 0.446. The highest BCUT2D eigenvalue weighted by molar-refractivity contribution is 9.10. The number of nitrogens with zero attached hydrogens (tertiary/aromatic N) is 1. The third-order valence-electron chi connectivity index (χ3n) is 4.87. The van der Waals surface area contributed by atoms with Crippen LogP contribution in [0, 0.1) is 6.92 Å². The Balaban J connectivity index is 1.87. The smallest absolute Gasteiger partial charge is 0.262 e. The average molecular weight is 463 g/mol. The molecule has 0 atom stereocenters. The molecule has 1 aromatic heterocycles. The van der Waals surface area contributed by atoms with Gasteiger partial charge in [-0.1, -0.05) is 30.3 Å². The molecule has 0 aliphatic rings. The predicted molar refractivity (Wildman–Crippen MR) is 123 cm³/mol. The summed E-state index contributed by atoms with van der Waals surface area (Å²) in [6.07, 6.45) is 1.58. The van der Waals surface area contributed by atoms with Crippen LogP contribution in [0.25, 0.3) is 16.5 Å². The van der Waals surface area contributed by atoms with Gasteiger partial charge >= 0.3 is 0 Å². The molecule has 0 radical (unpaired) electrons. The zero-order valence-electron chi connectivity index (χ0n) is 16.5. The molecule has 4 rings (SSSR count). The molecular formula is C24H19BrN2O3. The number of methoxy groups -OCH3 is 1. The van der Waals surface area contributed by atoms with Crippen molar-refractivity contribution < 1.29 is 9.53 Å². The van der Waals surface area contributed by atoms with Crippen molar-refractivity contribution in [3.8, 4) is 11.4 Å². The predicted octanol–water partition coefficient (Wildman–Crippen LogP) is 5.32. The van der Waals surface area contributed by atoms with Crippen molar-refractivity contribution in [3.05, 3.63) is 98.9 Å². The van der Waals surface area contributed by atoms with Crippen molar-refractivity contribution in [2.75, 3.05) is 12.4 Å². The summed E-state index contributed by atoms with van der Waals surface area (Å²) in [6, 6.07) is 20.0. The number of hydrogen-bond acceptors (Lipinski definition) is 3. The van der Waals surface area contributed by atoms with Crippen LogP contribution in [-0.4, -0.2) is 17.6 Å². The average Bonchev–Trinajstić information content (AvgIpc) is 2.76. The van der Waals surface area contributed by atoms with E-state index in [2.05, 4.69) is 21.2 Å². The summed E-state index contributed by atoms with van der Waals surface area (Å²) in [6.45, 7) is 1.98. The van der Waals surface area contributed by atoms with E-state index in [1.54, 1.807) is 55.8 Å². The van der Waals surface area contributed by atoms with Gasteiger partial charge in [0, 0.05) is 27.5 Å². The Hall–Kier alpha value is -3.38. The van der Waals surface area contributed by atoms with Crippen LogP contribution in [0.2, 0.25) is 0 Å². The van der Waals surface area contributed by atoms with Crippen LogP contribution in [0.5, 0.6) is 5.75 Å². The number of anilines is 1. The lowest BCUT2D eigenvalue weighted by atomic mass is 10.1. The number of fused-ring (bicyclic) bond motifs is 1. The molecule has 30 heavy (non-hydrogen) atoms. The van der Waals surface area contributed by atoms with E-state index in [1.807, 2.05) is 31.2 Å². The lowest BCUT2D eigenvalue weighted by molar-refractivity contribution is 0.102. The third kappa shape index (κ3) is 3.74. The van der Waals surface area contributed by atoms with Crippen molar-refractivity contribution in [1.82, 2.24) is 4.57 Å². The molecule has 0 aliphatic carbocycles. The molecule has 150 valence electrons. The fourth-order valence-corrected chi connectivity index (χ4v) is 3.93. The highest BCUT2D eigenvalue weighted by atomic mass is 79.9. The van der Waals surface area contributed by atoms with Crippen molar-refractivity contribution in [2.24, 2.45) is 0 Å². The summed E-state index contributed by atoms with van der Waals surface area (Å²) < 4.78 is 7.55. The Morgan fingerprint density at radius 1 is 1.00 bits per heavy atom. The number of amides is 1. The Bertz CT molecular complexity index is 1330. The maximum Gasteiger partial charge on any atom is 0.262 e. The largest absolute Gasteiger partial charge is 0.497 e. The van der Waals surface area contributed by atoms with Gasteiger partial charge < -0.3 is 10.1 Å². The van der Waals surface area contributed by atoms with Crippen molar-refractivity contribution >= 4 is 38.3 Å². The van der Waals surface area contributed by atoms with Crippen LogP contribution in [-0.2, 0) is 0 Å². The number of pyridine rings is 1. The normalized spacial score (nSPS) is 10.8. The number of nitrogens with one attached hydrogen (secondary N) is 1. The molecule has 5 nitrogen and oxygen atoms in total. The SMILES string of the molecule is COc1cccc(-n2cc(C(=O)Nc3ccc(C)cc3Br)c3ccccc3c2=O)c1. The number of halogens is 1. The number of carbonyl (C=O) groups is 1. The van der Waals surface area contributed by atoms with E-state index in [0.29, 0.717) is 33.5 Å². The third-order valence-corrected chi connectivity index (χ3v) is 5.53. The number of benzene rings is 3. The number of carbonyl (C=O) groups excluding carboxylic acids is 1. The molecule has 6 heteroatoms. The summed E-state index contributed by atoms with van der Waals surface area (Å²) in [5.41, 5.74) is 2.56. The molecule has 0 bridgehead atoms. The van der Waals surface area contributed by atoms with Crippen molar-refractivity contribution in [1.29, 1.82) is 0 Å². The number of ether oxygens (including phenoxy) is 1. The van der Waals surface area contributed by atoms with Gasteiger partial charge in [0.15, 0.2) is 0 Å². The fraction of sp³-hybridized carbons (Fsp3) is 0.0833. The van der Waals surface area contributed by atoms with E-state index in [-0.39, 0.29) is 11.5 Å². The minimum absolute atomic E-state index is 0.202. The van der Waals surface area contributed by atoms with Gasteiger partial charge in [-0.25, -0.2) is 0 Å². The molecule has 4 aromatic rings. The molecular weight excluding hydrogens is 444 g/mol. The number of hydrogen-bond donors (Lipinski definition) is 1. The van der Waals surface area contributed by atoms with Gasteiger partial charge in [0.1, 0.15) is 5.75 Å². The monoisotopic (exact) mass is 462 g/mol. The molecule has 1 heterocycles. The molecule has 0 unspecified atom stereocenters. The van der Waals surface area contributed by atoms with E-state index in [9.17, 15) is 9.59 Å². The second-order valence-corrected chi connectivity index (χ2v) is 7.76. The molecule has 0 fully saturated rings. The van der Waals surface area contributed by atoms with E-state index < -0.39 is 0 Å². The molecule has 0 saturated carbocycles. The first-order chi connectivity index (χ1) is 14.5. The van der Waals surface area contributed by atoms with E-state index in [1.165, 1.54) is 4.57 Å². The number of aryl methyl sites for hydroxylation is 1. The van der Waals surface area contributed by atoms with Crippen LogP contribution in [0.4, 0.5) is 5.69 Å². The van der Waals surface area contributed by atoms with Crippen LogP contribution < -0.4 is 15.6 Å². The maximum absolute atomic E-state index is 13.2. The second-order valence-electron chi connectivity index (χ2n) is 6.90. The Morgan fingerprint density at radius 2 is 1.77 bits per heavy atom. The Labute approximate surface area is 182 Å². The van der Waals surface area contributed by atoms with Gasteiger partial charge in [-0.05, 0) is 58.7 Å². The highest BCUT2D eigenvalue weighted by Crippen LogP contribution is 2.26. The second kappa shape index (κ2) is 8.16. The molecule has 1 N–H and O–H groups in total. The molecule has 0 aliphatic heterocycles. The molecule has 0 spiro atoms. The van der Waals surface area contributed by atoms with Crippen LogP contribution in [0.1, 0.15) is 15.9 Å². The Morgan fingerprint density at radius 3 is 2.50 bits per heavy atom. The summed E-state index contributed by atoms with van der Waals surface area (Å²) in [4.78, 5) is 26.3. The fourth-order valence-electron chi connectivity index (χ4n) is 3.34. The van der Waals surface area contributed by atoms with Gasteiger partial charge in [0.25, 0.3) is 11.5 Å².